The van der Waals surface area contributed by atoms with Crippen LogP contribution in [0.2, 0.25) is 0 Å². The number of carbonyl (C=O) groups excluding carboxylic acids is 1. The smallest absolute Gasteiger partial charge is 0.247 e. The van der Waals surface area contributed by atoms with E-state index in [9.17, 15) is 10.2 Å². The summed E-state index contributed by atoms with van der Waals surface area (Å²) in [5.74, 6) is 0.419. The van der Waals surface area contributed by atoms with Gasteiger partial charge in [-0.3, -0.25) is 4.79 Å². The third-order valence-corrected chi connectivity index (χ3v) is 8.22. The Hall–Kier alpha value is -4.57. The van der Waals surface area contributed by atoms with Gasteiger partial charge in [0, 0.05) is 11.3 Å². The lowest BCUT2D eigenvalue weighted by Gasteiger charge is -2.32. The highest BCUT2D eigenvalue weighted by molar-refractivity contribution is 6.13. The summed E-state index contributed by atoms with van der Waals surface area (Å²) in [5, 5.41) is 23.5. The van der Waals surface area contributed by atoms with E-state index in [1.807, 2.05) is 99.3 Å². The lowest BCUT2D eigenvalue weighted by atomic mass is 9.69. The normalized spacial score (nSPS) is 14.2. The monoisotopic (exact) mass is 513 g/mol. The van der Waals surface area contributed by atoms with Crippen molar-refractivity contribution < 1.29 is 15.0 Å². The van der Waals surface area contributed by atoms with Gasteiger partial charge in [-0.15, -0.1) is 0 Å². The molecule has 0 unspecified atom stereocenters. The first-order valence-electron chi connectivity index (χ1n) is 13.2. The van der Waals surface area contributed by atoms with Gasteiger partial charge in [0.05, 0.1) is 6.54 Å². The van der Waals surface area contributed by atoms with Crippen LogP contribution in [0.25, 0.3) is 10.8 Å². The van der Waals surface area contributed by atoms with Crippen LogP contribution in [0, 0.1) is 27.7 Å². The van der Waals surface area contributed by atoms with Crippen LogP contribution in [0.4, 0.5) is 5.69 Å². The van der Waals surface area contributed by atoms with Crippen LogP contribution in [0.3, 0.4) is 0 Å². The molecular weight excluding hydrogens is 482 g/mol. The van der Waals surface area contributed by atoms with Crippen LogP contribution in [0.5, 0.6) is 11.5 Å². The summed E-state index contributed by atoms with van der Waals surface area (Å²) in [5.41, 5.74) is 6.16. The quantitative estimate of drug-likeness (QED) is 0.264. The Balaban J connectivity index is 1.65. The summed E-state index contributed by atoms with van der Waals surface area (Å²) >= 11 is 0. The highest BCUT2D eigenvalue weighted by Crippen LogP contribution is 2.52. The molecule has 0 spiro atoms. The molecule has 0 aromatic heterocycles. The molecule has 0 atom stereocenters. The molecule has 5 aromatic rings. The molecule has 1 aliphatic rings. The predicted octanol–water partition coefficient (Wildman–Crippen LogP) is 7.37. The zero-order valence-corrected chi connectivity index (χ0v) is 22.6. The number of para-hydroxylation sites is 1. The minimum absolute atomic E-state index is 0.0504. The molecule has 0 bridgehead atoms. The molecule has 0 saturated carbocycles. The average molecular weight is 514 g/mol. The first-order valence-corrected chi connectivity index (χ1v) is 13.2. The molecule has 0 fully saturated rings. The van der Waals surface area contributed by atoms with Gasteiger partial charge in [-0.2, -0.15) is 0 Å². The lowest BCUT2D eigenvalue weighted by Crippen LogP contribution is -2.42. The van der Waals surface area contributed by atoms with Crippen molar-refractivity contribution in [3.05, 3.63) is 136 Å². The number of amides is 1. The van der Waals surface area contributed by atoms with E-state index in [-0.39, 0.29) is 17.4 Å². The number of carbonyl (C=O) groups is 1. The number of aryl methyl sites for hydroxylation is 4. The Morgan fingerprint density at radius 1 is 0.667 bits per heavy atom. The Morgan fingerprint density at radius 2 is 1.18 bits per heavy atom. The molecule has 2 N–H and O–H groups in total. The highest BCUT2D eigenvalue weighted by Gasteiger charge is 2.53. The second kappa shape index (κ2) is 9.02. The fourth-order valence-corrected chi connectivity index (χ4v) is 6.28. The summed E-state index contributed by atoms with van der Waals surface area (Å²) < 4.78 is 0. The number of rotatable bonds is 4. The van der Waals surface area contributed by atoms with Crippen molar-refractivity contribution in [3.8, 4) is 11.5 Å². The minimum Gasteiger partial charge on any atom is -0.507 e. The number of phenols is 2. The minimum atomic E-state index is -1.15. The second-order valence-corrected chi connectivity index (χ2v) is 10.7. The molecule has 6 rings (SSSR count). The molecule has 5 aromatic carbocycles. The van der Waals surface area contributed by atoms with Gasteiger partial charge in [0.2, 0.25) is 5.91 Å². The SMILES string of the molecule is Cc1cc(C2(c3cc(C)c(O)c(C)c3)C(=O)N(Cc3cccc4ccccc34)c3ccccc32)cc(C)c1O. The summed E-state index contributed by atoms with van der Waals surface area (Å²) in [4.78, 5) is 16.9. The van der Waals surface area contributed by atoms with Gasteiger partial charge in [0.1, 0.15) is 16.9 Å². The largest absolute Gasteiger partial charge is 0.507 e. The fourth-order valence-electron chi connectivity index (χ4n) is 6.28. The van der Waals surface area contributed by atoms with Crippen molar-refractivity contribution in [2.24, 2.45) is 0 Å². The van der Waals surface area contributed by atoms with Crippen LogP contribution in [0.15, 0.2) is 91.0 Å². The number of hydrogen-bond acceptors (Lipinski definition) is 3. The van der Waals surface area contributed by atoms with Crippen LogP contribution < -0.4 is 4.90 Å². The van der Waals surface area contributed by atoms with Gasteiger partial charge < -0.3 is 15.1 Å². The van der Waals surface area contributed by atoms with Crippen molar-refractivity contribution in [1.82, 2.24) is 0 Å². The zero-order valence-electron chi connectivity index (χ0n) is 22.6. The van der Waals surface area contributed by atoms with Gasteiger partial charge >= 0.3 is 0 Å². The Morgan fingerprint density at radius 3 is 1.79 bits per heavy atom. The Kier molecular flexibility index (Phi) is 5.72. The van der Waals surface area contributed by atoms with Crippen LogP contribution in [-0.2, 0) is 16.8 Å². The van der Waals surface area contributed by atoms with Gasteiger partial charge in [0.25, 0.3) is 0 Å². The van der Waals surface area contributed by atoms with Crippen molar-refractivity contribution in [2.45, 2.75) is 39.7 Å². The molecule has 0 aliphatic carbocycles. The van der Waals surface area contributed by atoms with Crippen LogP contribution >= 0.6 is 0 Å². The van der Waals surface area contributed by atoms with Crippen molar-refractivity contribution in [2.75, 3.05) is 4.90 Å². The summed E-state index contributed by atoms with van der Waals surface area (Å²) in [6, 6.07) is 30.2. The number of aromatic hydroxyl groups is 2. The fraction of sp³-hybridized carbons (Fsp3) is 0.171. The number of fused-ring (bicyclic) bond motifs is 2. The van der Waals surface area contributed by atoms with E-state index in [4.69, 9.17) is 0 Å². The third-order valence-electron chi connectivity index (χ3n) is 8.22. The standard InChI is InChI=1S/C35H31NO3/c1-21-16-27(17-22(2)32(21)37)35(28-18-23(3)33(38)24(4)19-28)30-14-7-8-15-31(30)36(34(35)39)20-26-12-9-11-25-10-5-6-13-29(25)26/h5-19,37-38H,20H2,1-4H3. The molecule has 4 heteroatoms. The average Bonchev–Trinajstić information content (AvgIpc) is 3.18. The maximum Gasteiger partial charge on any atom is 0.247 e. The highest BCUT2D eigenvalue weighted by atomic mass is 16.3. The molecule has 39 heavy (non-hydrogen) atoms. The van der Waals surface area contributed by atoms with Gasteiger partial charge in [-0.25, -0.2) is 0 Å². The van der Waals surface area contributed by atoms with Gasteiger partial charge in [-0.1, -0.05) is 84.9 Å². The van der Waals surface area contributed by atoms with Gasteiger partial charge in [-0.05, 0) is 83.5 Å². The number of benzene rings is 5. The van der Waals surface area contributed by atoms with Crippen molar-refractivity contribution >= 4 is 22.4 Å². The molecule has 0 saturated heterocycles. The number of phenolic OH excluding ortho intramolecular Hbond substituents is 2. The van der Waals surface area contributed by atoms with Crippen LogP contribution in [-0.4, -0.2) is 16.1 Å². The van der Waals surface area contributed by atoms with E-state index in [1.54, 1.807) is 0 Å². The second-order valence-electron chi connectivity index (χ2n) is 10.7. The molecule has 1 amide bonds. The number of nitrogens with zero attached hydrogens (tertiary/aromatic N) is 1. The molecule has 1 aliphatic heterocycles. The lowest BCUT2D eigenvalue weighted by molar-refractivity contribution is -0.120. The zero-order chi connectivity index (χ0) is 27.5. The maximum absolute atomic E-state index is 15.0. The number of anilines is 1. The number of hydrogen-bond donors (Lipinski definition) is 2. The maximum atomic E-state index is 15.0. The van der Waals surface area contributed by atoms with Crippen molar-refractivity contribution in [3.63, 3.8) is 0 Å². The third kappa shape index (κ3) is 3.63. The van der Waals surface area contributed by atoms with E-state index < -0.39 is 5.41 Å². The van der Waals surface area contributed by atoms with E-state index in [0.717, 1.165) is 61.0 Å². The topological polar surface area (TPSA) is 60.8 Å². The van der Waals surface area contributed by atoms with Gasteiger partial charge in [0.15, 0.2) is 0 Å². The predicted molar refractivity (Wildman–Crippen MR) is 157 cm³/mol. The molecular formula is C35H31NO3. The first kappa shape index (κ1) is 24.7. The molecule has 1 heterocycles. The molecule has 4 nitrogen and oxygen atoms in total. The van der Waals surface area contributed by atoms with Crippen LogP contribution in [0.1, 0.15) is 44.5 Å². The molecule has 194 valence electrons. The van der Waals surface area contributed by atoms with Crippen molar-refractivity contribution in [1.29, 1.82) is 0 Å². The Labute approximate surface area is 228 Å². The summed E-state index contributed by atoms with van der Waals surface area (Å²) in [6.07, 6.45) is 0. The molecule has 0 radical (unpaired) electrons. The van der Waals surface area contributed by atoms with E-state index >= 15 is 4.79 Å². The summed E-state index contributed by atoms with van der Waals surface area (Å²) in [7, 11) is 0. The van der Waals surface area contributed by atoms with E-state index in [1.165, 1.54) is 0 Å². The summed E-state index contributed by atoms with van der Waals surface area (Å²) in [6.45, 7) is 7.89. The first-order chi connectivity index (χ1) is 18.7. The van der Waals surface area contributed by atoms with E-state index in [0.29, 0.717) is 6.54 Å². The Bertz CT molecular complexity index is 1680. The van der Waals surface area contributed by atoms with E-state index in [2.05, 4.69) is 24.3 Å².